The summed E-state index contributed by atoms with van der Waals surface area (Å²) in [5.74, 6) is 0.0334. The summed E-state index contributed by atoms with van der Waals surface area (Å²) in [6.07, 6.45) is 1.76. The van der Waals surface area contributed by atoms with Gasteiger partial charge in [-0.15, -0.1) is 11.3 Å². The highest BCUT2D eigenvalue weighted by atomic mass is 32.2. The predicted octanol–water partition coefficient (Wildman–Crippen LogP) is 0.860. The number of oxime groups is 1. The molecule has 1 atom stereocenters. The van der Waals surface area contributed by atoms with Gasteiger partial charge in [0, 0.05) is 4.88 Å². The van der Waals surface area contributed by atoms with Gasteiger partial charge < -0.3 is 10.9 Å². The largest absolute Gasteiger partial charge is 0.409 e. The van der Waals surface area contributed by atoms with Crippen molar-refractivity contribution < 1.29 is 13.6 Å². The van der Waals surface area contributed by atoms with Crippen molar-refractivity contribution in [3.8, 4) is 0 Å². The second kappa shape index (κ2) is 4.87. The van der Waals surface area contributed by atoms with E-state index >= 15 is 0 Å². The third-order valence-electron chi connectivity index (χ3n) is 2.79. The molecule has 1 unspecified atom stereocenters. The highest BCUT2D eigenvalue weighted by Gasteiger charge is 2.37. The molecule has 0 spiro atoms. The van der Waals surface area contributed by atoms with Crippen LogP contribution in [-0.4, -0.2) is 25.5 Å². The minimum absolute atomic E-state index is 0.0886. The van der Waals surface area contributed by atoms with E-state index in [0.717, 1.165) is 17.7 Å². The van der Waals surface area contributed by atoms with Crippen molar-refractivity contribution in [2.24, 2.45) is 16.8 Å². The molecule has 18 heavy (non-hydrogen) atoms. The molecule has 100 valence electrons. The average molecular weight is 289 g/mol. The van der Waals surface area contributed by atoms with E-state index in [1.807, 2.05) is 6.92 Å². The zero-order valence-electron chi connectivity index (χ0n) is 9.83. The molecule has 0 aromatic carbocycles. The fraction of sp³-hybridized carbons (Fsp3) is 0.500. The SMILES string of the molecule is Cc1ccc(S(=O)(=O)NC(C(N)=NO)C2CC2)s1. The number of hydrogen-bond acceptors (Lipinski definition) is 5. The maximum Gasteiger partial charge on any atom is 0.250 e. The van der Waals surface area contributed by atoms with Gasteiger partial charge in [-0.1, -0.05) is 5.16 Å². The maximum atomic E-state index is 12.1. The molecule has 2 rings (SSSR count). The summed E-state index contributed by atoms with van der Waals surface area (Å²) in [6, 6.07) is 2.68. The van der Waals surface area contributed by atoms with Gasteiger partial charge in [-0.05, 0) is 37.8 Å². The van der Waals surface area contributed by atoms with E-state index in [9.17, 15) is 8.42 Å². The van der Waals surface area contributed by atoms with E-state index in [2.05, 4.69) is 9.88 Å². The summed E-state index contributed by atoms with van der Waals surface area (Å²) in [4.78, 5) is 0.919. The van der Waals surface area contributed by atoms with Gasteiger partial charge in [0.15, 0.2) is 5.84 Å². The van der Waals surface area contributed by atoms with Crippen LogP contribution in [0.5, 0.6) is 0 Å². The van der Waals surface area contributed by atoms with E-state index in [1.54, 1.807) is 12.1 Å². The smallest absolute Gasteiger partial charge is 0.250 e. The maximum absolute atomic E-state index is 12.1. The first-order valence-electron chi connectivity index (χ1n) is 5.50. The molecule has 0 saturated heterocycles. The van der Waals surface area contributed by atoms with Gasteiger partial charge in [0.1, 0.15) is 4.21 Å². The lowest BCUT2D eigenvalue weighted by Crippen LogP contribution is -2.45. The van der Waals surface area contributed by atoms with Crippen LogP contribution in [0.3, 0.4) is 0 Å². The Hall–Kier alpha value is -1.12. The lowest BCUT2D eigenvalue weighted by molar-refractivity contribution is 0.314. The van der Waals surface area contributed by atoms with Crippen LogP contribution in [0.4, 0.5) is 0 Å². The average Bonchev–Trinajstić information content (AvgIpc) is 3.07. The molecule has 1 saturated carbocycles. The monoisotopic (exact) mass is 289 g/mol. The molecule has 1 aliphatic rings. The number of nitrogens with two attached hydrogens (primary N) is 1. The highest BCUT2D eigenvalue weighted by molar-refractivity contribution is 7.91. The summed E-state index contributed by atoms with van der Waals surface area (Å²) in [5.41, 5.74) is 5.53. The van der Waals surface area contributed by atoms with Crippen LogP contribution in [0.15, 0.2) is 21.5 Å². The Kier molecular flexibility index (Phi) is 3.60. The third-order valence-corrected chi connectivity index (χ3v) is 5.72. The standard InChI is InChI=1S/C10H15N3O3S2/c1-6-2-5-8(17-6)18(15,16)13-9(7-3-4-7)10(11)12-14/h2,5,7,9,13-14H,3-4H2,1H3,(H2,11,12). The van der Waals surface area contributed by atoms with Crippen molar-refractivity contribution in [1.82, 2.24) is 4.72 Å². The quantitative estimate of drug-likeness (QED) is 0.323. The van der Waals surface area contributed by atoms with Crippen molar-refractivity contribution in [3.05, 3.63) is 17.0 Å². The first-order valence-corrected chi connectivity index (χ1v) is 7.80. The van der Waals surface area contributed by atoms with Crippen LogP contribution in [0, 0.1) is 12.8 Å². The van der Waals surface area contributed by atoms with Gasteiger partial charge in [-0.3, -0.25) is 0 Å². The molecule has 1 aliphatic carbocycles. The summed E-state index contributed by atoms with van der Waals surface area (Å²) < 4.78 is 27.0. The Morgan fingerprint density at radius 1 is 1.61 bits per heavy atom. The first kappa shape index (κ1) is 13.3. The summed E-state index contributed by atoms with van der Waals surface area (Å²) in [7, 11) is -3.60. The van der Waals surface area contributed by atoms with E-state index in [0.29, 0.717) is 0 Å². The Bertz CT molecular complexity index is 561. The van der Waals surface area contributed by atoms with Crippen LogP contribution in [-0.2, 0) is 10.0 Å². The fourth-order valence-electron chi connectivity index (χ4n) is 1.67. The van der Waals surface area contributed by atoms with Crippen LogP contribution < -0.4 is 10.5 Å². The summed E-state index contributed by atoms with van der Waals surface area (Å²) in [6.45, 7) is 1.84. The van der Waals surface area contributed by atoms with Gasteiger partial charge in [0.05, 0.1) is 6.04 Å². The minimum atomic E-state index is -3.60. The number of hydrogen-bond donors (Lipinski definition) is 3. The van der Waals surface area contributed by atoms with Crippen LogP contribution in [0.2, 0.25) is 0 Å². The van der Waals surface area contributed by atoms with E-state index in [-0.39, 0.29) is 16.0 Å². The Morgan fingerprint density at radius 3 is 2.72 bits per heavy atom. The predicted molar refractivity (Wildman–Crippen MR) is 69.3 cm³/mol. The molecule has 8 heteroatoms. The molecule has 0 aliphatic heterocycles. The molecule has 1 heterocycles. The van der Waals surface area contributed by atoms with Crippen LogP contribution in [0.1, 0.15) is 17.7 Å². The molecule has 0 bridgehead atoms. The number of nitrogens with one attached hydrogen (secondary N) is 1. The third kappa shape index (κ3) is 2.82. The first-order chi connectivity index (χ1) is 8.44. The van der Waals surface area contributed by atoms with Crippen LogP contribution >= 0.6 is 11.3 Å². The minimum Gasteiger partial charge on any atom is -0.409 e. The van der Waals surface area contributed by atoms with Crippen LogP contribution in [0.25, 0.3) is 0 Å². The fourth-order valence-corrected chi connectivity index (χ4v) is 4.25. The van der Waals surface area contributed by atoms with Gasteiger partial charge >= 0.3 is 0 Å². The zero-order chi connectivity index (χ0) is 13.3. The van der Waals surface area contributed by atoms with Gasteiger partial charge in [-0.25, -0.2) is 8.42 Å². The number of nitrogens with zero attached hydrogens (tertiary/aromatic N) is 1. The lowest BCUT2D eigenvalue weighted by atomic mass is 10.2. The molecule has 1 fully saturated rings. The van der Waals surface area contributed by atoms with Crippen molar-refractivity contribution in [3.63, 3.8) is 0 Å². The van der Waals surface area contributed by atoms with Gasteiger partial charge in [-0.2, -0.15) is 4.72 Å². The highest BCUT2D eigenvalue weighted by Crippen LogP contribution is 2.33. The molecule has 0 radical (unpaired) electrons. The molecule has 6 nitrogen and oxygen atoms in total. The number of thiophene rings is 1. The Balaban J connectivity index is 2.20. The Labute approximate surface area is 110 Å². The number of sulfonamides is 1. The molecule has 4 N–H and O–H groups in total. The second-order valence-corrected chi connectivity index (χ2v) is 7.56. The molecule has 0 amide bonds. The van der Waals surface area contributed by atoms with Crippen molar-refractivity contribution in [2.45, 2.75) is 30.0 Å². The van der Waals surface area contributed by atoms with Crippen molar-refractivity contribution in [1.29, 1.82) is 0 Å². The molecule has 1 aromatic heterocycles. The molecule has 1 aromatic rings. The zero-order valence-corrected chi connectivity index (χ0v) is 11.5. The Morgan fingerprint density at radius 2 is 2.28 bits per heavy atom. The molecular weight excluding hydrogens is 274 g/mol. The normalized spacial score (nSPS) is 18.8. The van der Waals surface area contributed by atoms with Gasteiger partial charge in [0.25, 0.3) is 10.0 Å². The van der Waals surface area contributed by atoms with Gasteiger partial charge in [0.2, 0.25) is 0 Å². The summed E-state index contributed by atoms with van der Waals surface area (Å²) >= 11 is 1.19. The van der Waals surface area contributed by atoms with E-state index in [1.165, 1.54) is 11.3 Å². The second-order valence-electron chi connectivity index (χ2n) is 4.33. The van der Waals surface area contributed by atoms with E-state index in [4.69, 9.17) is 10.9 Å². The van der Waals surface area contributed by atoms with E-state index < -0.39 is 16.1 Å². The number of amidine groups is 1. The number of rotatable bonds is 5. The summed E-state index contributed by atoms with van der Waals surface area (Å²) in [5, 5.41) is 11.6. The number of aryl methyl sites for hydroxylation is 1. The molecular formula is C10H15N3O3S2. The lowest BCUT2D eigenvalue weighted by Gasteiger charge is -2.15. The van der Waals surface area contributed by atoms with Crippen molar-refractivity contribution in [2.75, 3.05) is 0 Å². The van der Waals surface area contributed by atoms with Crippen molar-refractivity contribution >= 4 is 27.2 Å². The topological polar surface area (TPSA) is 105 Å².